The average Bonchev–Trinajstić information content (AvgIpc) is 3.21. The van der Waals surface area contributed by atoms with Crippen molar-refractivity contribution in [3.63, 3.8) is 0 Å². The Morgan fingerprint density at radius 2 is 2.03 bits per heavy atom. The zero-order valence-corrected chi connectivity index (χ0v) is 17.7. The molecule has 0 spiro atoms. The van der Waals surface area contributed by atoms with E-state index in [0.717, 1.165) is 53.8 Å². The lowest BCUT2D eigenvalue weighted by Crippen LogP contribution is -2.32. The molecule has 0 saturated carbocycles. The number of pyridine rings is 1. The molecule has 4 N–H and O–H groups in total. The number of aromatic nitrogens is 5. The molecule has 5 rings (SSSR count). The maximum atomic E-state index is 12.6. The van der Waals surface area contributed by atoms with E-state index in [1.807, 2.05) is 35.9 Å². The first-order chi connectivity index (χ1) is 15.6. The Morgan fingerprint density at radius 3 is 2.78 bits per heavy atom. The van der Waals surface area contributed by atoms with Gasteiger partial charge >= 0.3 is 0 Å². The molecule has 1 aliphatic heterocycles. The third-order valence-electron chi connectivity index (χ3n) is 5.71. The molecular formula is C23H24N8O. The van der Waals surface area contributed by atoms with Crippen molar-refractivity contribution in [3.05, 3.63) is 60.0 Å². The molecule has 1 fully saturated rings. The number of nitrogen functional groups attached to an aromatic ring is 1. The second-order valence-electron chi connectivity index (χ2n) is 8.00. The highest BCUT2D eigenvalue weighted by atomic mass is 16.1. The van der Waals surface area contributed by atoms with E-state index in [-0.39, 0.29) is 11.9 Å². The number of piperidine rings is 1. The fourth-order valence-corrected chi connectivity index (χ4v) is 4.07. The zero-order valence-electron chi connectivity index (χ0n) is 17.7. The van der Waals surface area contributed by atoms with E-state index in [1.54, 1.807) is 18.3 Å². The first-order valence-electron chi connectivity index (χ1n) is 10.6. The Bertz CT molecular complexity index is 1280. The topological polar surface area (TPSA) is 124 Å². The third kappa shape index (κ3) is 3.78. The number of anilines is 2. The Morgan fingerprint density at radius 1 is 1.19 bits per heavy atom. The van der Waals surface area contributed by atoms with Gasteiger partial charge in [0.05, 0.1) is 11.4 Å². The third-order valence-corrected chi connectivity index (χ3v) is 5.71. The quantitative estimate of drug-likeness (QED) is 0.456. The average molecular weight is 429 g/mol. The summed E-state index contributed by atoms with van der Waals surface area (Å²) in [5.41, 5.74) is 10.1. The SMILES string of the molecule is Cc1ccnc(NC(=O)c2ccc(-c3nn(C4CCCNC4)c4ncnc(N)c34)cc2)c1. The molecule has 1 unspecified atom stereocenters. The summed E-state index contributed by atoms with van der Waals surface area (Å²) in [5, 5.41) is 11.9. The summed E-state index contributed by atoms with van der Waals surface area (Å²) in [4.78, 5) is 25.5. The molecule has 3 aromatic heterocycles. The van der Waals surface area contributed by atoms with Crippen LogP contribution in [-0.2, 0) is 0 Å². The number of aryl methyl sites for hydroxylation is 1. The predicted octanol–water partition coefficient (Wildman–Crippen LogP) is 2.96. The van der Waals surface area contributed by atoms with Crippen LogP contribution in [0.5, 0.6) is 0 Å². The number of nitrogens with one attached hydrogen (secondary N) is 2. The second-order valence-corrected chi connectivity index (χ2v) is 8.00. The highest BCUT2D eigenvalue weighted by Gasteiger charge is 2.23. The summed E-state index contributed by atoms with van der Waals surface area (Å²) >= 11 is 0. The number of hydrogen-bond donors (Lipinski definition) is 3. The number of nitrogens with zero attached hydrogens (tertiary/aromatic N) is 5. The summed E-state index contributed by atoms with van der Waals surface area (Å²) in [6.07, 6.45) is 5.26. The highest BCUT2D eigenvalue weighted by molar-refractivity contribution is 6.04. The van der Waals surface area contributed by atoms with Crippen molar-refractivity contribution in [1.29, 1.82) is 0 Å². The van der Waals surface area contributed by atoms with E-state index in [1.165, 1.54) is 6.33 Å². The number of amides is 1. The van der Waals surface area contributed by atoms with Gasteiger partial charge in [-0.2, -0.15) is 5.10 Å². The van der Waals surface area contributed by atoms with Gasteiger partial charge in [-0.15, -0.1) is 0 Å². The van der Waals surface area contributed by atoms with Gasteiger partial charge in [0.1, 0.15) is 23.7 Å². The van der Waals surface area contributed by atoms with Crippen LogP contribution in [0.1, 0.15) is 34.8 Å². The number of rotatable bonds is 4. The second kappa shape index (κ2) is 8.35. The molecule has 1 aromatic carbocycles. The fourth-order valence-electron chi connectivity index (χ4n) is 4.07. The Balaban J connectivity index is 1.47. The van der Waals surface area contributed by atoms with Crippen molar-refractivity contribution in [3.8, 4) is 11.3 Å². The van der Waals surface area contributed by atoms with Crippen molar-refractivity contribution in [2.75, 3.05) is 24.1 Å². The van der Waals surface area contributed by atoms with Crippen molar-refractivity contribution >= 4 is 28.6 Å². The molecular weight excluding hydrogens is 404 g/mol. The van der Waals surface area contributed by atoms with Gasteiger partial charge in [-0.3, -0.25) is 4.79 Å². The van der Waals surface area contributed by atoms with Crippen molar-refractivity contribution in [2.45, 2.75) is 25.8 Å². The molecule has 1 saturated heterocycles. The van der Waals surface area contributed by atoms with Gasteiger partial charge in [0, 0.05) is 23.9 Å². The maximum Gasteiger partial charge on any atom is 0.256 e. The number of hydrogen-bond acceptors (Lipinski definition) is 7. The van der Waals surface area contributed by atoms with Gasteiger partial charge in [0.15, 0.2) is 5.65 Å². The highest BCUT2D eigenvalue weighted by Crippen LogP contribution is 2.33. The molecule has 1 aliphatic rings. The lowest BCUT2D eigenvalue weighted by molar-refractivity contribution is 0.102. The van der Waals surface area contributed by atoms with Crippen LogP contribution in [0.15, 0.2) is 48.9 Å². The number of carbonyl (C=O) groups is 1. The van der Waals surface area contributed by atoms with Crippen LogP contribution in [0.3, 0.4) is 0 Å². The van der Waals surface area contributed by atoms with Crippen LogP contribution < -0.4 is 16.4 Å². The number of carbonyl (C=O) groups excluding carboxylic acids is 1. The van der Waals surface area contributed by atoms with Crippen LogP contribution in [0.4, 0.5) is 11.6 Å². The lowest BCUT2D eigenvalue weighted by Gasteiger charge is -2.23. The zero-order chi connectivity index (χ0) is 22.1. The van der Waals surface area contributed by atoms with E-state index < -0.39 is 0 Å². The first-order valence-corrected chi connectivity index (χ1v) is 10.6. The van der Waals surface area contributed by atoms with E-state index in [0.29, 0.717) is 17.2 Å². The van der Waals surface area contributed by atoms with Crippen molar-refractivity contribution in [1.82, 2.24) is 30.0 Å². The summed E-state index contributed by atoms with van der Waals surface area (Å²) in [6.45, 7) is 3.81. The van der Waals surface area contributed by atoms with Crippen molar-refractivity contribution in [2.24, 2.45) is 0 Å². The first kappa shape index (κ1) is 20.1. The molecule has 9 heteroatoms. The molecule has 0 radical (unpaired) electrons. The molecule has 1 atom stereocenters. The maximum absolute atomic E-state index is 12.6. The normalized spacial score (nSPS) is 16.2. The van der Waals surface area contributed by atoms with Crippen LogP contribution in [0.2, 0.25) is 0 Å². The number of nitrogens with two attached hydrogens (primary N) is 1. The minimum atomic E-state index is -0.221. The summed E-state index contributed by atoms with van der Waals surface area (Å²) in [5.74, 6) is 0.698. The molecule has 9 nitrogen and oxygen atoms in total. The molecule has 4 aromatic rings. The predicted molar refractivity (Wildman–Crippen MR) is 123 cm³/mol. The van der Waals surface area contributed by atoms with E-state index >= 15 is 0 Å². The number of benzene rings is 1. The standard InChI is InChI=1S/C23H24N8O/c1-14-8-10-26-18(11-14)29-23(32)16-6-4-15(5-7-16)20-19-21(24)27-13-28-22(19)31(30-20)17-3-2-9-25-12-17/h4-8,10-11,13,17,25H,2-3,9,12H2,1H3,(H2,24,27,28)(H,26,29,32). The Hall–Kier alpha value is -3.85. The van der Waals surface area contributed by atoms with Gasteiger partial charge in [0.25, 0.3) is 5.91 Å². The molecule has 162 valence electrons. The molecule has 1 amide bonds. The van der Waals surface area contributed by atoms with Crippen LogP contribution >= 0.6 is 0 Å². The molecule has 0 aliphatic carbocycles. The van der Waals surface area contributed by atoms with E-state index in [4.69, 9.17) is 10.8 Å². The van der Waals surface area contributed by atoms with Crippen LogP contribution in [0.25, 0.3) is 22.3 Å². The summed E-state index contributed by atoms with van der Waals surface area (Å²) in [7, 11) is 0. The molecule has 4 heterocycles. The van der Waals surface area contributed by atoms with Gasteiger partial charge in [-0.25, -0.2) is 19.6 Å². The Kier molecular flexibility index (Phi) is 5.24. The van der Waals surface area contributed by atoms with Gasteiger partial charge in [-0.05, 0) is 56.1 Å². The minimum Gasteiger partial charge on any atom is -0.383 e. The minimum absolute atomic E-state index is 0.209. The summed E-state index contributed by atoms with van der Waals surface area (Å²) in [6, 6.07) is 11.2. The van der Waals surface area contributed by atoms with Crippen LogP contribution in [-0.4, -0.2) is 43.7 Å². The largest absolute Gasteiger partial charge is 0.383 e. The van der Waals surface area contributed by atoms with Crippen molar-refractivity contribution < 1.29 is 4.79 Å². The summed E-state index contributed by atoms with van der Waals surface area (Å²) < 4.78 is 1.96. The van der Waals surface area contributed by atoms with E-state index in [9.17, 15) is 4.79 Å². The fraction of sp³-hybridized carbons (Fsp3) is 0.261. The van der Waals surface area contributed by atoms with E-state index in [2.05, 4.69) is 25.6 Å². The Labute approximate surface area is 185 Å². The van der Waals surface area contributed by atoms with Crippen LogP contribution in [0, 0.1) is 6.92 Å². The van der Waals surface area contributed by atoms with Gasteiger partial charge in [0.2, 0.25) is 0 Å². The monoisotopic (exact) mass is 428 g/mol. The number of fused-ring (bicyclic) bond motifs is 1. The van der Waals surface area contributed by atoms with Gasteiger partial charge in [-0.1, -0.05) is 12.1 Å². The van der Waals surface area contributed by atoms with Gasteiger partial charge < -0.3 is 16.4 Å². The molecule has 0 bridgehead atoms. The molecule has 32 heavy (non-hydrogen) atoms. The smallest absolute Gasteiger partial charge is 0.256 e. The lowest BCUT2D eigenvalue weighted by atomic mass is 10.1.